The van der Waals surface area contributed by atoms with Gasteiger partial charge in [0.05, 0.1) is 13.1 Å². The predicted molar refractivity (Wildman–Crippen MR) is 135 cm³/mol. The topological polar surface area (TPSA) is 57.7 Å². The van der Waals surface area contributed by atoms with Crippen molar-refractivity contribution in [3.05, 3.63) is 58.4 Å². The van der Waals surface area contributed by atoms with Gasteiger partial charge in [0.15, 0.2) is 11.6 Å². The van der Waals surface area contributed by atoms with Crippen molar-refractivity contribution in [3.8, 4) is 5.75 Å². The normalized spacial score (nSPS) is 17.5. The molecule has 0 aliphatic carbocycles. The standard InChI is InChI=1S/C26H29FN4O2S/c1-17-20-13-19(27)5-6-22(20)34-23(17)15-31(3)24(32)7-4-18-12-21-25(28-14-18)29-16-26(33-21)8-10-30(2)11-9-26/h4-7,12-14H,8-11,15-16H2,1-3H3,(H,28,29)/b7-4+. The third-order valence-electron chi connectivity index (χ3n) is 6.85. The number of piperidine rings is 1. The molecule has 0 radical (unpaired) electrons. The molecule has 178 valence electrons. The smallest absolute Gasteiger partial charge is 0.246 e. The minimum Gasteiger partial charge on any atom is -0.481 e. The van der Waals surface area contributed by atoms with Crippen LogP contribution in [-0.2, 0) is 11.3 Å². The van der Waals surface area contributed by atoms with Gasteiger partial charge >= 0.3 is 0 Å². The van der Waals surface area contributed by atoms with Gasteiger partial charge in [-0.25, -0.2) is 9.37 Å². The number of nitrogens with zero attached hydrogens (tertiary/aromatic N) is 3. The van der Waals surface area contributed by atoms with Gasteiger partial charge < -0.3 is 19.9 Å². The summed E-state index contributed by atoms with van der Waals surface area (Å²) in [6, 6.07) is 6.77. The maximum atomic E-state index is 13.6. The molecule has 0 bridgehead atoms. The van der Waals surface area contributed by atoms with Crippen LogP contribution >= 0.6 is 11.3 Å². The average Bonchev–Trinajstić information content (AvgIpc) is 3.13. The van der Waals surface area contributed by atoms with Crippen LogP contribution in [0, 0.1) is 12.7 Å². The van der Waals surface area contributed by atoms with Gasteiger partial charge in [-0.15, -0.1) is 11.3 Å². The molecule has 2 aliphatic heterocycles. The predicted octanol–water partition coefficient (Wildman–Crippen LogP) is 4.68. The van der Waals surface area contributed by atoms with Crippen LogP contribution in [0.25, 0.3) is 16.2 Å². The Hall–Kier alpha value is -2.97. The molecule has 1 amide bonds. The number of carbonyl (C=O) groups excluding carboxylic acids is 1. The molecule has 0 atom stereocenters. The summed E-state index contributed by atoms with van der Waals surface area (Å²) in [5.74, 6) is 1.15. The Balaban J connectivity index is 1.26. The lowest BCUT2D eigenvalue weighted by molar-refractivity contribution is -0.125. The van der Waals surface area contributed by atoms with Crippen molar-refractivity contribution < 1.29 is 13.9 Å². The van der Waals surface area contributed by atoms with Crippen molar-refractivity contribution in [2.24, 2.45) is 0 Å². The van der Waals surface area contributed by atoms with Gasteiger partial charge in [-0.1, -0.05) is 0 Å². The lowest BCUT2D eigenvalue weighted by atomic mass is 9.90. The minimum absolute atomic E-state index is 0.105. The Morgan fingerprint density at radius 2 is 2.15 bits per heavy atom. The highest BCUT2D eigenvalue weighted by Gasteiger charge is 2.39. The number of hydrogen-bond donors (Lipinski definition) is 1. The third kappa shape index (κ3) is 4.52. The Kier molecular flexibility index (Phi) is 6.04. The fraction of sp³-hybridized carbons (Fsp3) is 0.385. The van der Waals surface area contributed by atoms with Gasteiger partial charge in [0, 0.05) is 54.8 Å². The van der Waals surface area contributed by atoms with Crippen LogP contribution < -0.4 is 10.1 Å². The van der Waals surface area contributed by atoms with Gasteiger partial charge in [-0.2, -0.15) is 0 Å². The van der Waals surface area contributed by atoms with Crippen molar-refractivity contribution >= 4 is 39.2 Å². The number of carbonyl (C=O) groups is 1. The van der Waals surface area contributed by atoms with Gasteiger partial charge in [0.2, 0.25) is 5.91 Å². The van der Waals surface area contributed by atoms with E-state index in [9.17, 15) is 9.18 Å². The second-order valence-corrected chi connectivity index (χ2v) is 10.5. The van der Waals surface area contributed by atoms with Crippen LogP contribution in [0.4, 0.5) is 10.2 Å². The first-order valence-corrected chi connectivity index (χ1v) is 12.4. The van der Waals surface area contributed by atoms with Crippen molar-refractivity contribution in [1.82, 2.24) is 14.8 Å². The number of thiophene rings is 1. The maximum Gasteiger partial charge on any atom is 0.246 e. The number of amides is 1. The van der Waals surface area contributed by atoms with Crippen molar-refractivity contribution in [1.29, 1.82) is 0 Å². The molecule has 34 heavy (non-hydrogen) atoms. The monoisotopic (exact) mass is 480 g/mol. The van der Waals surface area contributed by atoms with Crippen LogP contribution in [0.2, 0.25) is 0 Å². The zero-order valence-corrected chi connectivity index (χ0v) is 20.5. The Morgan fingerprint density at radius 1 is 1.35 bits per heavy atom. The Labute approximate surface area is 203 Å². The summed E-state index contributed by atoms with van der Waals surface area (Å²) in [6.07, 6.45) is 7.04. The summed E-state index contributed by atoms with van der Waals surface area (Å²) in [5.41, 5.74) is 1.65. The van der Waals surface area contributed by atoms with E-state index in [4.69, 9.17) is 4.74 Å². The highest BCUT2D eigenvalue weighted by molar-refractivity contribution is 7.19. The zero-order chi connectivity index (χ0) is 23.9. The number of hydrogen-bond acceptors (Lipinski definition) is 6. The van der Waals surface area contributed by atoms with Crippen LogP contribution in [0.15, 0.2) is 36.5 Å². The molecule has 1 aromatic carbocycles. The summed E-state index contributed by atoms with van der Waals surface area (Å²) in [4.78, 5) is 22.3. The zero-order valence-electron chi connectivity index (χ0n) is 19.7. The number of nitrogens with one attached hydrogen (secondary N) is 1. The molecule has 3 aromatic rings. The van der Waals surface area contributed by atoms with Crippen LogP contribution in [0.3, 0.4) is 0 Å². The fourth-order valence-electron chi connectivity index (χ4n) is 4.56. The van der Waals surface area contributed by atoms with Gasteiger partial charge in [0.1, 0.15) is 11.4 Å². The number of aromatic nitrogens is 1. The SMILES string of the molecule is Cc1c(CN(C)C(=O)/C=C/c2cnc3c(c2)OC2(CCN(C)CC2)CN3)sc2ccc(F)cc12. The van der Waals surface area contributed by atoms with E-state index in [0.29, 0.717) is 6.54 Å². The molecule has 8 heteroatoms. The van der Waals surface area contributed by atoms with Crippen LogP contribution in [-0.4, -0.2) is 60.0 Å². The van der Waals surface area contributed by atoms with E-state index in [-0.39, 0.29) is 17.3 Å². The van der Waals surface area contributed by atoms with Gasteiger partial charge in [-0.05, 0) is 60.8 Å². The molecule has 0 unspecified atom stereocenters. The van der Waals surface area contributed by atoms with Crippen molar-refractivity contribution in [3.63, 3.8) is 0 Å². The molecular weight excluding hydrogens is 451 g/mol. The number of rotatable bonds is 4. The molecule has 2 aliphatic rings. The Bertz CT molecular complexity index is 1260. The molecule has 5 rings (SSSR count). The number of anilines is 1. The molecule has 1 saturated heterocycles. The first kappa shape index (κ1) is 22.8. The van der Waals surface area contributed by atoms with Gasteiger partial charge in [0.25, 0.3) is 0 Å². The number of ether oxygens (including phenoxy) is 1. The second kappa shape index (κ2) is 9.00. The number of pyridine rings is 1. The largest absolute Gasteiger partial charge is 0.481 e. The number of aryl methyl sites for hydroxylation is 1. The lowest BCUT2D eigenvalue weighted by Crippen LogP contribution is -2.53. The highest BCUT2D eigenvalue weighted by atomic mass is 32.1. The number of fused-ring (bicyclic) bond motifs is 2. The number of likely N-dealkylation sites (tertiary alicyclic amines) is 1. The number of likely N-dealkylation sites (N-methyl/N-ethyl adjacent to an activating group) is 1. The summed E-state index contributed by atoms with van der Waals surface area (Å²) < 4.78 is 21.1. The molecular formula is C26H29FN4O2S. The lowest BCUT2D eigenvalue weighted by Gasteiger charge is -2.43. The summed E-state index contributed by atoms with van der Waals surface area (Å²) in [6.45, 7) is 5.25. The quantitative estimate of drug-likeness (QED) is 0.550. The third-order valence-corrected chi connectivity index (χ3v) is 8.11. The summed E-state index contributed by atoms with van der Waals surface area (Å²) in [5, 5.41) is 4.33. The van der Waals surface area contributed by atoms with Crippen molar-refractivity contribution in [2.45, 2.75) is 31.9 Å². The van der Waals surface area contributed by atoms with E-state index in [2.05, 4.69) is 22.2 Å². The molecule has 6 nitrogen and oxygen atoms in total. The van der Waals surface area contributed by atoms with E-state index < -0.39 is 0 Å². The minimum atomic E-state index is -0.244. The van der Waals surface area contributed by atoms with E-state index in [0.717, 1.165) is 70.1 Å². The molecule has 1 spiro atoms. The number of benzene rings is 1. The van der Waals surface area contributed by atoms with Crippen LogP contribution in [0.5, 0.6) is 5.75 Å². The summed E-state index contributed by atoms with van der Waals surface area (Å²) in [7, 11) is 3.91. The Morgan fingerprint density at radius 3 is 2.94 bits per heavy atom. The molecule has 2 aromatic heterocycles. The first-order chi connectivity index (χ1) is 16.3. The first-order valence-electron chi connectivity index (χ1n) is 11.5. The van der Waals surface area contributed by atoms with E-state index in [1.165, 1.54) is 6.07 Å². The van der Waals surface area contributed by atoms with Gasteiger partial charge in [-0.3, -0.25) is 4.79 Å². The summed E-state index contributed by atoms with van der Waals surface area (Å²) >= 11 is 1.60. The van der Waals surface area contributed by atoms with Crippen LogP contribution in [0.1, 0.15) is 28.8 Å². The second-order valence-electron chi connectivity index (χ2n) is 9.38. The highest BCUT2D eigenvalue weighted by Crippen LogP contribution is 2.37. The molecule has 0 saturated carbocycles. The van der Waals surface area contributed by atoms with E-state index >= 15 is 0 Å². The molecule has 4 heterocycles. The van der Waals surface area contributed by atoms with E-state index in [1.807, 2.05) is 13.0 Å². The number of halogens is 1. The maximum absolute atomic E-state index is 13.6. The fourth-order valence-corrected chi connectivity index (χ4v) is 5.81. The van der Waals surface area contributed by atoms with E-state index in [1.54, 1.807) is 53.8 Å². The molecule has 1 fully saturated rings. The van der Waals surface area contributed by atoms with Crippen molar-refractivity contribution in [2.75, 3.05) is 39.0 Å². The average molecular weight is 481 g/mol. The molecule has 1 N–H and O–H groups in total.